The molecular weight excluding hydrogens is 262 g/mol. The molecule has 1 amide bonds. The molecule has 4 nitrogen and oxygen atoms in total. The molecule has 1 heterocycles. The first-order chi connectivity index (χ1) is 9.16. The quantitative estimate of drug-likeness (QED) is 0.873. The van der Waals surface area contributed by atoms with Crippen molar-refractivity contribution in [1.82, 2.24) is 15.5 Å². The van der Waals surface area contributed by atoms with Gasteiger partial charge in [-0.3, -0.25) is 9.69 Å². The fourth-order valence-electron chi connectivity index (χ4n) is 2.17. The standard InChI is InChI=1S/C14H20ClN3O/c1-11(18-8-6-16-7-9-18)14(19)17-10-12-2-4-13(15)5-3-12/h2-5,11,16H,6-10H2,1H3,(H,17,19). The minimum atomic E-state index is -0.0746. The van der Waals surface area contributed by atoms with Crippen LogP contribution in [0.2, 0.25) is 5.02 Å². The number of hydrogen-bond acceptors (Lipinski definition) is 3. The summed E-state index contributed by atoms with van der Waals surface area (Å²) >= 11 is 5.83. The number of hydrogen-bond donors (Lipinski definition) is 2. The Morgan fingerprint density at radius 1 is 1.37 bits per heavy atom. The van der Waals surface area contributed by atoms with Gasteiger partial charge in [-0.2, -0.15) is 0 Å². The summed E-state index contributed by atoms with van der Waals surface area (Å²) in [6.45, 7) is 6.27. The third-order valence-electron chi connectivity index (χ3n) is 3.46. The number of nitrogens with one attached hydrogen (secondary N) is 2. The maximum Gasteiger partial charge on any atom is 0.237 e. The lowest BCUT2D eigenvalue weighted by Crippen LogP contribution is -2.52. The van der Waals surface area contributed by atoms with Gasteiger partial charge < -0.3 is 10.6 Å². The number of carbonyl (C=O) groups is 1. The second-order valence-electron chi connectivity index (χ2n) is 4.81. The third-order valence-corrected chi connectivity index (χ3v) is 3.71. The maximum absolute atomic E-state index is 12.1. The predicted octanol–water partition coefficient (Wildman–Crippen LogP) is 1.25. The van der Waals surface area contributed by atoms with E-state index in [4.69, 9.17) is 11.6 Å². The van der Waals surface area contributed by atoms with Crippen LogP contribution in [0.15, 0.2) is 24.3 Å². The Bertz CT molecular complexity index is 415. The van der Waals surface area contributed by atoms with Crippen LogP contribution >= 0.6 is 11.6 Å². The van der Waals surface area contributed by atoms with Crippen LogP contribution in [0, 0.1) is 0 Å². The van der Waals surface area contributed by atoms with E-state index >= 15 is 0 Å². The number of rotatable bonds is 4. The fourth-order valence-corrected chi connectivity index (χ4v) is 2.30. The summed E-state index contributed by atoms with van der Waals surface area (Å²) in [6.07, 6.45) is 0. The van der Waals surface area contributed by atoms with Gasteiger partial charge in [0.1, 0.15) is 0 Å². The molecule has 0 saturated carbocycles. The van der Waals surface area contributed by atoms with Gasteiger partial charge in [-0.25, -0.2) is 0 Å². The highest BCUT2D eigenvalue weighted by Gasteiger charge is 2.22. The lowest BCUT2D eigenvalue weighted by Gasteiger charge is -2.31. The van der Waals surface area contributed by atoms with Gasteiger partial charge in [0, 0.05) is 37.7 Å². The normalized spacial score (nSPS) is 18.0. The Morgan fingerprint density at radius 2 is 2.00 bits per heavy atom. The topological polar surface area (TPSA) is 44.4 Å². The average molecular weight is 282 g/mol. The highest BCUT2D eigenvalue weighted by molar-refractivity contribution is 6.30. The lowest BCUT2D eigenvalue weighted by molar-refractivity contribution is -0.126. The molecule has 1 saturated heterocycles. The van der Waals surface area contributed by atoms with E-state index in [1.165, 1.54) is 0 Å². The molecule has 104 valence electrons. The monoisotopic (exact) mass is 281 g/mol. The zero-order valence-corrected chi connectivity index (χ0v) is 11.9. The van der Waals surface area contributed by atoms with E-state index in [1.807, 2.05) is 31.2 Å². The lowest BCUT2D eigenvalue weighted by atomic mass is 10.2. The van der Waals surface area contributed by atoms with E-state index in [0.717, 1.165) is 31.7 Å². The minimum absolute atomic E-state index is 0.0746. The van der Waals surface area contributed by atoms with Crippen molar-refractivity contribution < 1.29 is 4.79 Å². The van der Waals surface area contributed by atoms with Gasteiger partial charge in [-0.05, 0) is 24.6 Å². The molecule has 1 aliphatic heterocycles. The summed E-state index contributed by atoms with van der Waals surface area (Å²) in [5.41, 5.74) is 1.06. The summed E-state index contributed by atoms with van der Waals surface area (Å²) in [5, 5.41) is 6.97. The van der Waals surface area contributed by atoms with E-state index in [2.05, 4.69) is 15.5 Å². The van der Waals surface area contributed by atoms with Crippen LogP contribution in [-0.2, 0) is 11.3 Å². The Balaban J connectivity index is 1.81. The molecule has 0 radical (unpaired) electrons. The Hall–Kier alpha value is -1.10. The molecule has 1 fully saturated rings. The third kappa shape index (κ3) is 4.20. The molecule has 2 N–H and O–H groups in total. The minimum Gasteiger partial charge on any atom is -0.351 e. The molecule has 1 aliphatic rings. The average Bonchev–Trinajstić information content (AvgIpc) is 2.46. The summed E-state index contributed by atoms with van der Waals surface area (Å²) in [7, 11) is 0. The molecule has 1 unspecified atom stereocenters. The van der Waals surface area contributed by atoms with Crippen molar-refractivity contribution in [3.05, 3.63) is 34.9 Å². The number of halogens is 1. The van der Waals surface area contributed by atoms with E-state index in [1.54, 1.807) is 0 Å². The van der Waals surface area contributed by atoms with E-state index in [0.29, 0.717) is 11.6 Å². The molecule has 0 bridgehead atoms. The highest BCUT2D eigenvalue weighted by Crippen LogP contribution is 2.09. The smallest absolute Gasteiger partial charge is 0.237 e. The van der Waals surface area contributed by atoms with Crippen LogP contribution in [0.1, 0.15) is 12.5 Å². The van der Waals surface area contributed by atoms with Crippen molar-refractivity contribution in [2.24, 2.45) is 0 Å². The molecule has 0 aliphatic carbocycles. The summed E-state index contributed by atoms with van der Waals surface area (Å²) < 4.78 is 0. The first kappa shape index (κ1) is 14.3. The molecule has 19 heavy (non-hydrogen) atoms. The molecule has 1 aromatic carbocycles. The zero-order valence-electron chi connectivity index (χ0n) is 11.2. The summed E-state index contributed by atoms with van der Waals surface area (Å²) in [4.78, 5) is 14.3. The van der Waals surface area contributed by atoms with Gasteiger partial charge in [0.2, 0.25) is 5.91 Å². The predicted molar refractivity (Wildman–Crippen MR) is 77.2 cm³/mol. The van der Waals surface area contributed by atoms with Gasteiger partial charge in [-0.1, -0.05) is 23.7 Å². The summed E-state index contributed by atoms with van der Waals surface area (Å²) in [5.74, 6) is 0.0804. The molecule has 0 spiro atoms. The summed E-state index contributed by atoms with van der Waals surface area (Å²) in [6, 6.07) is 7.45. The van der Waals surface area contributed by atoms with Crippen molar-refractivity contribution in [2.75, 3.05) is 26.2 Å². The van der Waals surface area contributed by atoms with Crippen LogP contribution < -0.4 is 10.6 Å². The number of carbonyl (C=O) groups excluding carboxylic acids is 1. The number of nitrogens with zero attached hydrogens (tertiary/aromatic N) is 1. The van der Waals surface area contributed by atoms with Gasteiger partial charge in [0.05, 0.1) is 6.04 Å². The van der Waals surface area contributed by atoms with Gasteiger partial charge in [0.25, 0.3) is 0 Å². The largest absolute Gasteiger partial charge is 0.351 e. The van der Waals surface area contributed by atoms with Crippen molar-refractivity contribution in [1.29, 1.82) is 0 Å². The fraction of sp³-hybridized carbons (Fsp3) is 0.500. The van der Waals surface area contributed by atoms with Gasteiger partial charge in [-0.15, -0.1) is 0 Å². The SMILES string of the molecule is CC(C(=O)NCc1ccc(Cl)cc1)N1CCNCC1. The molecule has 5 heteroatoms. The van der Waals surface area contributed by atoms with E-state index in [9.17, 15) is 4.79 Å². The number of amides is 1. The van der Waals surface area contributed by atoms with Gasteiger partial charge in [0.15, 0.2) is 0 Å². The second kappa shape index (κ2) is 6.89. The molecule has 1 aromatic rings. The Kier molecular flexibility index (Phi) is 5.19. The maximum atomic E-state index is 12.1. The zero-order chi connectivity index (χ0) is 13.7. The van der Waals surface area contributed by atoms with E-state index < -0.39 is 0 Å². The first-order valence-electron chi connectivity index (χ1n) is 6.64. The second-order valence-corrected chi connectivity index (χ2v) is 5.24. The van der Waals surface area contributed by atoms with Crippen molar-refractivity contribution >= 4 is 17.5 Å². The first-order valence-corrected chi connectivity index (χ1v) is 7.01. The van der Waals surface area contributed by atoms with Crippen molar-refractivity contribution in [2.45, 2.75) is 19.5 Å². The highest BCUT2D eigenvalue weighted by atomic mass is 35.5. The van der Waals surface area contributed by atoms with Crippen LogP contribution in [0.5, 0.6) is 0 Å². The van der Waals surface area contributed by atoms with Crippen molar-refractivity contribution in [3.8, 4) is 0 Å². The number of benzene rings is 1. The Morgan fingerprint density at radius 3 is 2.63 bits per heavy atom. The molecule has 1 atom stereocenters. The molecular formula is C14H20ClN3O. The molecule has 2 rings (SSSR count). The van der Waals surface area contributed by atoms with Crippen LogP contribution in [0.25, 0.3) is 0 Å². The number of piperazine rings is 1. The van der Waals surface area contributed by atoms with Gasteiger partial charge >= 0.3 is 0 Å². The van der Waals surface area contributed by atoms with Crippen molar-refractivity contribution in [3.63, 3.8) is 0 Å². The Labute approximate surface area is 119 Å². The van der Waals surface area contributed by atoms with Crippen LogP contribution in [-0.4, -0.2) is 43.0 Å². The van der Waals surface area contributed by atoms with Crippen LogP contribution in [0.4, 0.5) is 0 Å². The van der Waals surface area contributed by atoms with Crippen LogP contribution in [0.3, 0.4) is 0 Å². The molecule has 0 aromatic heterocycles. The van der Waals surface area contributed by atoms with E-state index in [-0.39, 0.29) is 11.9 Å².